The zero-order chi connectivity index (χ0) is 12.5. The number of halogens is 1. The standard InChI is InChI=1S/C15H21FN2/c1-11-2-5-14(16)15(8-11)18-7-6-12(10-18)9-17-13-3-4-13/h2,5,8,12-13,17H,3-4,6-7,9-10H2,1H3. The highest BCUT2D eigenvalue weighted by molar-refractivity contribution is 5.50. The van der Waals surface area contributed by atoms with Crippen LogP contribution in [0.2, 0.25) is 0 Å². The van der Waals surface area contributed by atoms with Gasteiger partial charge in [-0.1, -0.05) is 6.07 Å². The van der Waals surface area contributed by atoms with Gasteiger partial charge in [0.2, 0.25) is 0 Å². The number of benzene rings is 1. The van der Waals surface area contributed by atoms with Crippen LogP contribution < -0.4 is 10.2 Å². The molecule has 1 saturated carbocycles. The van der Waals surface area contributed by atoms with Crippen molar-refractivity contribution in [2.24, 2.45) is 5.92 Å². The summed E-state index contributed by atoms with van der Waals surface area (Å²) in [5.74, 6) is 0.585. The summed E-state index contributed by atoms with van der Waals surface area (Å²) in [7, 11) is 0. The van der Waals surface area contributed by atoms with E-state index in [1.165, 1.54) is 19.3 Å². The molecule has 0 aromatic heterocycles. The van der Waals surface area contributed by atoms with E-state index < -0.39 is 0 Å². The first kappa shape index (κ1) is 12.0. The molecular formula is C15H21FN2. The number of aryl methyl sites for hydroxylation is 1. The van der Waals surface area contributed by atoms with Gasteiger partial charge in [0, 0.05) is 19.1 Å². The molecule has 3 rings (SSSR count). The topological polar surface area (TPSA) is 15.3 Å². The van der Waals surface area contributed by atoms with Crippen molar-refractivity contribution in [1.29, 1.82) is 0 Å². The van der Waals surface area contributed by atoms with Crippen LogP contribution in [-0.2, 0) is 0 Å². The molecule has 1 aliphatic carbocycles. The third kappa shape index (κ3) is 2.66. The molecule has 1 aliphatic heterocycles. The van der Waals surface area contributed by atoms with Gasteiger partial charge in [-0.25, -0.2) is 4.39 Å². The van der Waals surface area contributed by atoms with Gasteiger partial charge in [-0.05, 0) is 56.3 Å². The zero-order valence-corrected chi connectivity index (χ0v) is 11.0. The Morgan fingerprint density at radius 1 is 1.33 bits per heavy atom. The van der Waals surface area contributed by atoms with Gasteiger partial charge < -0.3 is 10.2 Å². The van der Waals surface area contributed by atoms with E-state index in [0.717, 1.165) is 36.9 Å². The average molecular weight is 248 g/mol. The Labute approximate surface area is 108 Å². The van der Waals surface area contributed by atoms with Gasteiger partial charge in [0.05, 0.1) is 5.69 Å². The van der Waals surface area contributed by atoms with Crippen molar-refractivity contribution in [3.63, 3.8) is 0 Å². The lowest BCUT2D eigenvalue weighted by molar-refractivity contribution is 0.514. The maximum absolute atomic E-state index is 13.8. The Morgan fingerprint density at radius 3 is 2.94 bits per heavy atom. The molecule has 18 heavy (non-hydrogen) atoms. The van der Waals surface area contributed by atoms with Crippen LogP contribution in [0.3, 0.4) is 0 Å². The molecule has 1 aromatic carbocycles. The highest BCUT2D eigenvalue weighted by Gasteiger charge is 2.27. The third-order valence-corrected chi connectivity index (χ3v) is 4.00. The summed E-state index contributed by atoms with van der Waals surface area (Å²) in [6.07, 6.45) is 3.85. The molecule has 2 aliphatic rings. The molecule has 0 amide bonds. The van der Waals surface area contributed by atoms with E-state index in [1.54, 1.807) is 6.07 Å². The summed E-state index contributed by atoms with van der Waals surface area (Å²) in [5, 5.41) is 3.58. The molecular weight excluding hydrogens is 227 g/mol. The molecule has 1 heterocycles. The van der Waals surface area contributed by atoms with Crippen LogP contribution in [0.15, 0.2) is 18.2 Å². The SMILES string of the molecule is Cc1ccc(F)c(N2CCC(CNC3CC3)C2)c1. The summed E-state index contributed by atoms with van der Waals surface area (Å²) in [4.78, 5) is 2.20. The van der Waals surface area contributed by atoms with Crippen molar-refractivity contribution in [3.05, 3.63) is 29.6 Å². The molecule has 0 bridgehead atoms. The van der Waals surface area contributed by atoms with E-state index in [9.17, 15) is 4.39 Å². The minimum atomic E-state index is -0.0867. The van der Waals surface area contributed by atoms with Gasteiger partial charge in [-0.15, -0.1) is 0 Å². The van der Waals surface area contributed by atoms with E-state index in [2.05, 4.69) is 10.2 Å². The van der Waals surface area contributed by atoms with Gasteiger partial charge in [-0.3, -0.25) is 0 Å². The van der Waals surface area contributed by atoms with Gasteiger partial charge in [0.25, 0.3) is 0 Å². The Hall–Kier alpha value is -1.09. The van der Waals surface area contributed by atoms with Crippen molar-refractivity contribution in [2.45, 2.75) is 32.2 Å². The Kier molecular flexibility index (Phi) is 3.25. The Balaban J connectivity index is 1.61. The van der Waals surface area contributed by atoms with Crippen LogP contribution in [0.4, 0.5) is 10.1 Å². The number of anilines is 1. The normalized spacial score (nSPS) is 23.7. The van der Waals surface area contributed by atoms with E-state index in [0.29, 0.717) is 5.92 Å². The summed E-state index contributed by atoms with van der Waals surface area (Å²) >= 11 is 0. The first-order valence-electron chi connectivity index (χ1n) is 6.97. The number of rotatable bonds is 4. The van der Waals surface area contributed by atoms with Crippen molar-refractivity contribution in [3.8, 4) is 0 Å². The van der Waals surface area contributed by atoms with Crippen LogP contribution in [0, 0.1) is 18.7 Å². The predicted octanol–water partition coefficient (Wildman–Crippen LogP) is 2.71. The van der Waals surface area contributed by atoms with E-state index in [4.69, 9.17) is 0 Å². The van der Waals surface area contributed by atoms with Crippen molar-refractivity contribution in [2.75, 3.05) is 24.5 Å². The number of hydrogen-bond donors (Lipinski definition) is 1. The van der Waals surface area contributed by atoms with Crippen molar-refractivity contribution in [1.82, 2.24) is 5.32 Å². The monoisotopic (exact) mass is 248 g/mol. The fraction of sp³-hybridized carbons (Fsp3) is 0.600. The summed E-state index contributed by atoms with van der Waals surface area (Å²) < 4.78 is 13.8. The largest absolute Gasteiger partial charge is 0.369 e. The Morgan fingerprint density at radius 2 is 2.17 bits per heavy atom. The average Bonchev–Trinajstić information content (AvgIpc) is 3.08. The molecule has 2 nitrogen and oxygen atoms in total. The Bertz CT molecular complexity index is 429. The van der Waals surface area contributed by atoms with Crippen LogP contribution in [-0.4, -0.2) is 25.7 Å². The lowest BCUT2D eigenvalue weighted by Gasteiger charge is -2.20. The van der Waals surface area contributed by atoms with E-state index >= 15 is 0 Å². The minimum absolute atomic E-state index is 0.0867. The van der Waals surface area contributed by atoms with E-state index in [-0.39, 0.29) is 5.82 Å². The predicted molar refractivity (Wildman–Crippen MR) is 72.5 cm³/mol. The fourth-order valence-corrected chi connectivity index (χ4v) is 2.70. The first-order valence-corrected chi connectivity index (χ1v) is 6.97. The molecule has 1 unspecified atom stereocenters. The van der Waals surface area contributed by atoms with Gasteiger partial charge >= 0.3 is 0 Å². The highest BCUT2D eigenvalue weighted by atomic mass is 19.1. The molecule has 1 N–H and O–H groups in total. The highest BCUT2D eigenvalue weighted by Crippen LogP contribution is 2.27. The maximum Gasteiger partial charge on any atom is 0.146 e. The molecule has 1 saturated heterocycles. The minimum Gasteiger partial charge on any atom is -0.369 e. The molecule has 0 radical (unpaired) electrons. The molecule has 3 heteroatoms. The zero-order valence-electron chi connectivity index (χ0n) is 11.0. The van der Waals surface area contributed by atoms with Gasteiger partial charge in [0.15, 0.2) is 0 Å². The van der Waals surface area contributed by atoms with Gasteiger partial charge in [-0.2, -0.15) is 0 Å². The van der Waals surface area contributed by atoms with Crippen molar-refractivity contribution < 1.29 is 4.39 Å². The number of nitrogens with one attached hydrogen (secondary N) is 1. The lowest BCUT2D eigenvalue weighted by atomic mass is 10.1. The molecule has 2 fully saturated rings. The second-order valence-corrected chi connectivity index (χ2v) is 5.74. The summed E-state index contributed by atoms with van der Waals surface area (Å²) in [5.41, 5.74) is 1.91. The third-order valence-electron chi connectivity index (χ3n) is 4.00. The van der Waals surface area contributed by atoms with Crippen molar-refractivity contribution >= 4 is 5.69 Å². The second-order valence-electron chi connectivity index (χ2n) is 5.74. The first-order chi connectivity index (χ1) is 8.72. The van der Waals surface area contributed by atoms with Crippen LogP contribution >= 0.6 is 0 Å². The summed E-state index contributed by atoms with van der Waals surface area (Å²) in [6, 6.07) is 6.16. The summed E-state index contributed by atoms with van der Waals surface area (Å²) in [6.45, 7) is 5.08. The maximum atomic E-state index is 13.8. The molecule has 0 spiro atoms. The fourth-order valence-electron chi connectivity index (χ4n) is 2.70. The quantitative estimate of drug-likeness (QED) is 0.881. The van der Waals surface area contributed by atoms with Crippen LogP contribution in [0.5, 0.6) is 0 Å². The molecule has 1 aromatic rings. The lowest BCUT2D eigenvalue weighted by Crippen LogP contribution is -2.28. The molecule has 98 valence electrons. The smallest absolute Gasteiger partial charge is 0.146 e. The van der Waals surface area contributed by atoms with Crippen LogP contribution in [0.1, 0.15) is 24.8 Å². The van der Waals surface area contributed by atoms with Crippen LogP contribution in [0.25, 0.3) is 0 Å². The molecule has 1 atom stereocenters. The van der Waals surface area contributed by atoms with E-state index in [1.807, 2.05) is 19.1 Å². The van der Waals surface area contributed by atoms with Gasteiger partial charge in [0.1, 0.15) is 5.82 Å². The second kappa shape index (κ2) is 4.88. The number of hydrogen-bond acceptors (Lipinski definition) is 2. The number of nitrogens with zero attached hydrogens (tertiary/aromatic N) is 1.